The third-order valence-electron chi connectivity index (χ3n) is 1.49. The minimum absolute atomic E-state index is 0.00694. The van der Waals surface area contributed by atoms with Gasteiger partial charge in [-0.1, -0.05) is 0 Å². The summed E-state index contributed by atoms with van der Waals surface area (Å²) in [6.07, 6.45) is 1.07. The number of ether oxygens (including phenoxy) is 2. The predicted molar refractivity (Wildman–Crippen MR) is 35.6 cm³/mol. The molecule has 1 saturated heterocycles. The number of rotatable bonds is 1. The number of carbonyl (C=O) groups excluding carboxylic acids is 1. The Morgan fingerprint density at radius 2 is 2.40 bits per heavy atom. The Morgan fingerprint density at radius 1 is 1.70 bits per heavy atom. The smallest absolute Gasteiger partial charge is 0.302 e. The standard InChI is InChI=1S/C7H12O3/c1-5-3-7(4-9-5)10-6(2)8/h5,7H,3-4H2,1-2H3. The summed E-state index contributed by atoms with van der Waals surface area (Å²) in [5.74, 6) is -0.220. The molecule has 0 aliphatic carbocycles. The Bertz CT molecular complexity index is 133. The summed E-state index contributed by atoms with van der Waals surface area (Å²) in [5.41, 5.74) is 0. The SMILES string of the molecule is CC(=O)OC1COC(C)C1. The average molecular weight is 144 g/mol. The monoisotopic (exact) mass is 144 g/mol. The molecule has 0 amide bonds. The fraction of sp³-hybridized carbons (Fsp3) is 0.857. The first kappa shape index (κ1) is 7.54. The molecule has 0 aromatic heterocycles. The second-order valence-corrected chi connectivity index (χ2v) is 2.61. The zero-order valence-corrected chi connectivity index (χ0v) is 6.29. The summed E-state index contributed by atoms with van der Waals surface area (Å²) >= 11 is 0. The molecule has 2 unspecified atom stereocenters. The van der Waals surface area contributed by atoms with Crippen LogP contribution in [0.5, 0.6) is 0 Å². The van der Waals surface area contributed by atoms with Crippen LogP contribution in [0.4, 0.5) is 0 Å². The van der Waals surface area contributed by atoms with Crippen molar-refractivity contribution >= 4 is 5.97 Å². The zero-order chi connectivity index (χ0) is 7.56. The van der Waals surface area contributed by atoms with Gasteiger partial charge in [0.05, 0.1) is 12.7 Å². The molecule has 1 aliphatic rings. The van der Waals surface area contributed by atoms with E-state index < -0.39 is 0 Å². The lowest BCUT2D eigenvalue weighted by molar-refractivity contribution is -0.146. The highest BCUT2D eigenvalue weighted by molar-refractivity contribution is 5.66. The van der Waals surface area contributed by atoms with Crippen LogP contribution in [-0.2, 0) is 14.3 Å². The first-order valence-electron chi connectivity index (χ1n) is 3.47. The van der Waals surface area contributed by atoms with Gasteiger partial charge in [-0.05, 0) is 6.92 Å². The summed E-state index contributed by atoms with van der Waals surface area (Å²) in [5, 5.41) is 0. The van der Waals surface area contributed by atoms with Gasteiger partial charge in [-0.3, -0.25) is 4.79 Å². The minimum atomic E-state index is -0.220. The first-order valence-corrected chi connectivity index (χ1v) is 3.47. The van der Waals surface area contributed by atoms with Crippen molar-refractivity contribution < 1.29 is 14.3 Å². The van der Waals surface area contributed by atoms with Crippen molar-refractivity contribution in [3.63, 3.8) is 0 Å². The van der Waals surface area contributed by atoms with E-state index in [1.807, 2.05) is 6.92 Å². The third kappa shape index (κ3) is 1.99. The fourth-order valence-corrected chi connectivity index (χ4v) is 1.09. The Morgan fingerprint density at radius 3 is 2.80 bits per heavy atom. The van der Waals surface area contributed by atoms with Crippen molar-refractivity contribution in [1.29, 1.82) is 0 Å². The quantitative estimate of drug-likeness (QED) is 0.509. The van der Waals surface area contributed by atoms with Gasteiger partial charge in [-0.25, -0.2) is 0 Å². The van der Waals surface area contributed by atoms with Crippen LogP contribution in [-0.4, -0.2) is 24.8 Å². The molecule has 0 radical (unpaired) electrons. The second kappa shape index (κ2) is 3.01. The van der Waals surface area contributed by atoms with E-state index in [1.54, 1.807) is 0 Å². The largest absolute Gasteiger partial charge is 0.460 e. The van der Waals surface area contributed by atoms with Crippen molar-refractivity contribution in [2.24, 2.45) is 0 Å². The molecule has 10 heavy (non-hydrogen) atoms. The van der Waals surface area contributed by atoms with Gasteiger partial charge in [0.1, 0.15) is 6.10 Å². The van der Waals surface area contributed by atoms with E-state index in [0.29, 0.717) is 6.61 Å². The highest BCUT2D eigenvalue weighted by Crippen LogP contribution is 2.15. The maximum atomic E-state index is 10.4. The number of hydrogen-bond donors (Lipinski definition) is 0. The molecule has 0 N–H and O–H groups in total. The van der Waals surface area contributed by atoms with Gasteiger partial charge in [-0.15, -0.1) is 0 Å². The molecule has 3 heteroatoms. The molecule has 1 rings (SSSR count). The Kier molecular flexibility index (Phi) is 2.27. The van der Waals surface area contributed by atoms with Crippen LogP contribution in [0.2, 0.25) is 0 Å². The number of esters is 1. The molecule has 58 valence electrons. The fourth-order valence-electron chi connectivity index (χ4n) is 1.09. The molecular formula is C7H12O3. The molecule has 1 aliphatic heterocycles. The van der Waals surface area contributed by atoms with Crippen molar-refractivity contribution in [3.05, 3.63) is 0 Å². The lowest BCUT2D eigenvalue weighted by atomic mass is 10.2. The molecule has 0 bridgehead atoms. The summed E-state index contributed by atoms with van der Waals surface area (Å²) in [6, 6.07) is 0. The Labute approximate surface area is 60.3 Å². The molecule has 1 heterocycles. The predicted octanol–water partition coefficient (Wildman–Crippen LogP) is 0.727. The van der Waals surface area contributed by atoms with E-state index in [2.05, 4.69) is 0 Å². The van der Waals surface area contributed by atoms with E-state index in [9.17, 15) is 4.79 Å². The summed E-state index contributed by atoms with van der Waals surface area (Å²) in [4.78, 5) is 10.4. The van der Waals surface area contributed by atoms with Crippen molar-refractivity contribution in [1.82, 2.24) is 0 Å². The van der Waals surface area contributed by atoms with Gasteiger partial charge in [0.15, 0.2) is 0 Å². The van der Waals surface area contributed by atoms with Crippen molar-refractivity contribution in [3.8, 4) is 0 Å². The van der Waals surface area contributed by atoms with Crippen molar-refractivity contribution in [2.75, 3.05) is 6.61 Å². The van der Waals surface area contributed by atoms with Crippen LogP contribution in [0.1, 0.15) is 20.3 Å². The van der Waals surface area contributed by atoms with Gasteiger partial charge >= 0.3 is 5.97 Å². The minimum Gasteiger partial charge on any atom is -0.460 e. The number of hydrogen-bond acceptors (Lipinski definition) is 3. The topological polar surface area (TPSA) is 35.5 Å². The molecule has 2 atom stereocenters. The highest BCUT2D eigenvalue weighted by Gasteiger charge is 2.23. The van der Waals surface area contributed by atoms with Gasteiger partial charge in [0.25, 0.3) is 0 Å². The summed E-state index contributed by atoms with van der Waals surface area (Å²) < 4.78 is 10.1. The lowest BCUT2D eigenvalue weighted by Crippen LogP contribution is -2.15. The summed E-state index contributed by atoms with van der Waals surface area (Å²) in [7, 11) is 0. The maximum Gasteiger partial charge on any atom is 0.302 e. The number of carbonyl (C=O) groups is 1. The third-order valence-corrected chi connectivity index (χ3v) is 1.49. The van der Waals surface area contributed by atoms with Crippen LogP contribution in [0.25, 0.3) is 0 Å². The molecule has 0 spiro atoms. The van der Waals surface area contributed by atoms with Crippen LogP contribution >= 0.6 is 0 Å². The molecule has 3 nitrogen and oxygen atoms in total. The average Bonchev–Trinajstić information content (AvgIpc) is 2.13. The van der Waals surface area contributed by atoms with Crippen LogP contribution < -0.4 is 0 Å². The molecular weight excluding hydrogens is 132 g/mol. The summed E-state index contributed by atoms with van der Waals surface area (Å²) in [6.45, 7) is 3.95. The molecule has 1 fully saturated rings. The van der Waals surface area contributed by atoms with E-state index in [0.717, 1.165) is 6.42 Å². The van der Waals surface area contributed by atoms with E-state index >= 15 is 0 Å². The van der Waals surface area contributed by atoms with Crippen LogP contribution in [0.15, 0.2) is 0 Å². The lowest BCUT2D eigenvalue weighted by Gasteiger charge is -2.06. The van der Waals surface area contributed by atoms with Crippen LogP contribution in [0.3, 0.4) is 0 Å². The molecule has 0 saturated carbocycles. The normalized spacial score (nSPS) is 32.2. The molecule has 0 aromatic carbocycles. The van der Waals surface area contributed by atoms with Crippen LogP contribution in [0, 0.1) is 0 Å². The highest BCUT2D eigenvalue weighted by atomic mass is 16.6. The van der Waals surface area contributed by atoms with E-state index in [-0.39, 0.29) is 18.2 Å². The maximum absolute atomic E-state index is 10.4. The van der Waals surface area contributed by atoms with E-state index in [4.69, 9.17) is 9.47 Å². The molecule has 0 aromatic rings. The zero-order valence-electron chi connectivity index (χ0n) is 6.29. The van der Waals surface area contributed by atoms with Gasteiger partial charge in [0, 0.05) is 13.3 Å². The Balaban J connectivity index is 2.24. The second-order valence-electron chi connectivity index (χ2n) is 2.61. The van der Waals surface area contributed by atoms with Gasteiger partial charge < -0.3 is 9.47 Å². The van der Waals surface area contributed by atoms with E-state index in [1.165, 1.54) is 6.92 Å². The first-order chi connectivity index (χ1) is 4.68. The van der Waals surface area contributed by atoms with Crippen molar-refractivity contribution in [2.45, 2.75) is 32.5 Å². The Hall–Kier alpha value is -0.570. The van der Waals surface area contributed by atoms with Gasteiger partial charge in [0.2, 0.25) is 0 Å². The van der Waals surface area contributed by atoms with Gasteiger partial charge in [-0.2, -0.15) is 0 Å².